The molecule has 0 bridgehead atoms. The molecule has 88 valence electrons. The Balaban J connectivity index is 3.02. The van der Waals surface area contributed by atoms with Crippen molar-refractivity contribution in [1.82, 2.24) is 0 Å². The van der Waals surface area contributed by atoms with E-state index in [2.05, 4.69) is 5.92 Å². The van der Waals surface area contributed by atoms with Crippen molar-refractivity contribution in [1.29, 1.82) is 0 Å². The molecular weight excluding hydrogens is 212 g/mol. The normalized spacial score (nSPS) is 11.8. The lowest BCUT2D eigenvalue weighted by molar-refractivity contribution is -0.147. The highest BCUT2D eigenvalue weighted by molar-refractivity contribution is 6.17. The van der Waals surface area contributed by atoms with E-state index in [4.69, 9.17) is 11.2 Å². The summed E-state index contributed by atoms with van der Waals surface area (Å²) in [6.45, 7) is 5.47. The van der Waals surface area contributed by atoms with Crippen LogP contribution in [0, 0.1) is 12.3 Å². The number of terminal acetylenes is 1. The Labute approximate surface area is 102 Å². The maximum absolute atomic E-state index is 12.0. The monoisotopic (exact) mass is 228 g/mol. The second kappa shape index (κ2) is 5.36. The van der Waals surface area contributed by atoms with Crippen molar-refractivity contribution in [3.05, 3.63) is 42.0 Å². The zero-order chi connectivity index (χ0) is 12.9. The van der Waals surface area contributed by atoms with Crippen molar-refractivity contribution < 1.29 is 9.53 Å². The van der Waals surface area contributed by atoms with Gasteiger partial charge in [0.25, 0.3) is 0 Å². The molecule has 1 aromatic carbocycles. The van der Waals surface area contributed by atoms with Crippen LogP contribution in [0.3, 0.4) is 0 Å². The van der Waals surface area contributed by atoms with Gasteiger partial charge in [0.2, 0.25) is 0 Å². The summed E-state index contributed by atoms with van der Waals surface area (Å²) in [5.41, 5.74) is 0.641. The van der Waals surface area contributed by atoms with E-state index >= 15 is 0 Å². The minimum Gasteiger partial charge on any atom is -0.456 e. The van der Waals surface area contributed by atoms with E-state index in [0.717, 1.165) is 5.56 Å². The van der Waals surface area contributed by atoms with E-state index in [0.29, 0.717) is 5.57 Å². The van der Waals surface area contributed by atoms with Crippen LogP contribution in [0.25, 0.3) is 5.57 Å². The fourth-order valence-electron chi connectivity index (χ4n) is 1.29. The molecular formula is C15H16O2. The number of allylic oxidation sites excluding steroid dienone is 1. The van der Waals surface area contributed by atoms with Gasteiger partial charge in [-0.1, -0.05) is 36.3 Å². The molecule has 2 nitrogen and oxygen atoms in total. The first kappa shape index (κ1) is 13.1. The smallest absolute Gasteiger partial charge is 0.339 e. The molecule has 17 heavy (non-hydrogen) atoms. The summed E-state index contributed by atoms with van der Waals surface area (Å²) in [5, 5.41) is 0. The molecule has 0 N–H and O–H groups in total. The van der Waals surface area contributed by atoms with Crippen LogP contribution in [-0.2, 0) is 9.53 Å². The summed E-state index contributed by atoms with van der Waals surface area (Å²) in [6, 6.07) is 9.24. The molecule has 1 aromatic rings. The molecule has 2 heteroatoms. The summed E-state index contributed by atoms with van der Waals surface area (Å²) in [7, 11) is 0. The molecule has 0 spiro atoms. The topological polar surface area (TPSA) is 26.3 Å². The second-order valence-corrected chi connectivity index (χ2v) is 4.59. The van der Waals surface area contributed by atoms with E-state index in [1.807, 2.05) is 51.1 Å². The second-order valence-electron chi connectivity index (χ2n) is 4.59. The number of rotatable bonds is 2. The number of ether oxygens (including phenoxy) is 1. The van der Waals surface area contributed by atoms with Crippen LogP contribution in [0.2, 0.25) is 0 Å². The summed E-state index contributed by atoms with van der Waals surface area (Å²) < 4.78 is 5.30. The van der Waals surface area contributed by atoms with Gasteiger partial charge in [-0.15, -0.1) is 6.42 Å². The average Bonchev–Trinajstić information content (AvgIpc) is 2.24. The standard InChI is InChI=1S/C15H16O2/c1-5-9-13(12-10-7-6-8-11-12)14(16)17-15(2,3)4/h1,6-11H,2-4H3. The number of hydrogen-bond donors (Lipinski definition) is 0. The highest BCUT2D eigenvalue weighted by Gasteiger charge is 2.20. The molecule has 0 radical (unpaired) electrons. The number of benzene rings is 1. The van der Waals surface area contributed by atoms with Crippen LogP contribution in [0.1, 0.15) is 26.3 Å². The number of hydrogen-bond acceptors (Lipinski definition) is 2. The predicted octanol–water partition coefficient (Wildman–Crippen LogP) is 3.04. The number of carbonyl (C=O) groups is 1. The van der Waals surface area contributed by atoms with Crippen LogP contribution >= 0.6 is 0 Å². The quantitative estimate of drug-likeness (QED) is 0.442. The third-order valence-corrected chi connectivity index (χ3v) is 1.93. The minimum atomic E-state index is -0.528. The van der Waals surface area contributed by atoms with E-state index in [9.17, 15) is 4.79 Å². The molecule has 1 rings (SSSR count). The summed E-state index contributed by atoms with van der Waals surface area (Å²) in [5.74, 6) is 1.97. The number of carbonyl (C=O) groups excluding carboxylic acids is 1. The van der Waals surface area contributed by atoms with Crippen molar-refractivity contribution in [2.24, 2.45) is 0 Å². The molecule has 0 saturated carbocycles. The Morgan fingerprint density at radius 2 is 1.88 bits per heavy atom. The van der Waals surface area contributed by atoms with Crippen LogP contribution in [-0.4, -0.2) is 11.6 Å². The average molecular weight is 228 g/mol. The van der Waals surface area contributed by atoms with Gasteiger partial charge in [0.1, 0.15) is 5.60 Å². The molecule has 0 aliphatic carbocycles. The lowest BCUT2D eigenvalue weighted by Crippen LogP contribution is -2.24. The van der Waals surface area contributed by atoms with Gasteiger partial charge < -0.3 is 4.74 Å². The summed E-state index contributed by atoms with van der Waals surface area (Å²) >= 11 is 0. The summed E-state index contributed by atoms with van der Waals surface area (Å²) in [6.07, 6.45) is 6.67. The molecule has 0 heterocycles. The largest absolute Gasteiger partial charge is 0.456 e. The van der Waals surface area contributed by atoms with Crippen LogP contribution in [0.4, 0.5) is 0 Å². The maximum atomic E-state index is 12.0. The molecule has 0 fully saturated rings. The van der Waals surface area contributed by atoms with E-state index in [1.165, 1.54) is 6.08 Å². The van der Waals surface area contributed by atoms with Crippen LogP contribution in [0.5, 0.6) is 0 Å². The fourth-order valence-corrected chi connectivity index (χ4v) is 1.29. The van der Waals surface area contributed by atoms with Gasteiger partial charge in [0.15, 0.2) is 0 Å². The van der Waals surface area contributed by atoms with Gasteiger partial charge in [-0.2, -0.15) is 0 Å². The van der Waals surface area contributed by atoms with Gasteiger partial charge in [-0.3, -0.25) is 0 Å². The first-order valence-corrected chi connectivity index (χ1v) is 5.39. The van der Waals surface area contributed by atoms with E-state index in [-0.39, 0.29) is 0 Å². The van der Waals surface area contributed by atoms with Crippen LogP contribution < -0.4 is 0 Å². The Morgan fingerprint density at radius 1 is 1.29 bits per heavy atom. The highest BCUT2D eigenvalue weighted by atomic mass is 16.6. The van der Waals surface area contributed by atoms with Gasteiger partial charge in [0, 0.05) is 6.08 Å². The molecule has 0 atom stereocenters. The predicted molar refractivity (Wildman–Crippen MR) is 69.1 cm³/mol. The van der Waals surface area contributed by atoms with E-state index in [1.54, 1.807) is 0 Å². The van der Waals surface area contributed by atoms with Crippen LogP contribution in [0.15, 0.2) is 36.4 Å². The Morgan fingerprint density at radius 3 is 2.35 bits per heavy atom. The van der Waals surface area contributed by atoms with Gasteiger partial charge >= 0.3 is 5.97 Å². The van der Waals surface area contributed by atoms with Crippen molar-refractivity contribution >= 4 is 11.5 Å². The molecule has 0 saturated heterocycles. The Hall–Kier alpha value is -2.01. The molecule has 0 aromatic heterocycles. The van der Waals surface area contributed by atoms with Gasteiger partial charge in [-0.05, 0) is 26.3 Å². The summed E-state index contributed by atoms with van der Waals surface area (Å²) in [4.78, 5) is 12.0. The van der Waals surface area contributed by atoms with Crippen molar-refractivity contribution in [3.63, 3.8) is 0 Å². The maximum Gasteiger partial charge on any atom is 0.339 e. The SMILES string of the molecule is C#CC=C(C(=O)OC(C)(C)C)c1ccccc1. The van der Waals surface area contributed by atoms with Crippen molar-refractivity contribution in [2.75, 3.05) is 0 Å². The molecule has 0 aliphatic rings. The lowest BCUT2D eigenvalue weighted by atomic mass is 10.1. The first-order valence-electron chi connectivity index (χ1n) is 5.39. The minimum absolute atomic E-state index is 0.401. The van der Waals surface area contributed by atoms with E-state index < -0.39 is 11.6 Å². The number of esters is 1. The van der Waals surface area contributed by atoms with Crippen molar-refractivity contribution in [3.8, 4) is 12.3 Å². The lowest BCUT2D eigenvalue weighted by Gasteiger charge is -2.20. The Kier molecular flexibility index (Phi) is 4.12. The van der Waals surface area contributed by atoms with Gasteiger partial charge in [0.05, 0.1) is 5.57 Å². The van der Waals surface area contributed by atoms with Crippen molar-refractivity contribution in [2.45, 2.75) is 26.4 Å². The highest BCUT2D eigenvalue weighted by Crippen LogP contribution is 2.19. The molecule has 0 amide bonds. The fraction of sp³-hybridized carbons (Fsp3) is 0.267. The Bertz CT molecular complexity index is 456. The third-order valence-electron chi connectivity index (χ3n) is 1.93. The zero-order valence-electron chi connectivity index (χ0n) is 10.4. The molecule has 0 aliphatic heterocycles. The molecule has 0 unspecified atom stereocenters. The third kappa shape index (κ3) is 4.16. The van der Waals surface area contributed by atoms with Gasteiger partial charge in [-0.25, -0.2) is 4.79 Å². The first-order chi connectivity index (χ1) is 7.94. The zero-order valence-corrected chi connectivity index (χ0v) is 10.4.